The molecule has 0 radical (unpaired) electrons. The maximum absolute atomic E-state index is 4.81. The van der Waals surface area contributed by atoms with Crippen LogP contribution < -0.4 is 10.2 Å². The van der Waals surface area contributed by atoms with Crippen molar-refractivity contribution in [2.24, 2.45) is 0 Å². The van der Waals surface area contributed by atoms with Crippen molar-refractivity contribution < 1.29 is 0 Å². The van der Waals surface area contributed by atoms with Crippen LogP contribution in [-0.2, 0) is 6.42 Å². The summed E-state index contributed by atoms with van der Waals surface area (Å²) in [5, 5.41) is 3.48. The van der Waals surface area contributed by atoms with E-state index in [4.69, 9.17) is 9.97 Å². The van der Waals surface area contributed by atoms with Crippen LogP contribution >= 0.6 is 0 Å². The van der Waals surface area contributed by atoms with Crippen LogP contribution in [0.15, 0.2) is 60.9 Å². The third-order valence-corrected chi connectivity index (χ3v) is 4.63. The van der Waals surface area contributed by atoms with E-state index in [0.717, 1.165) is 42.4 Å². The summed E-state index contributed by atoms with van der Waals surface area (Å²) in [6, 6.07) is 16.6. The second kappa shape index (κ2) is 9.12. The third-order valence-electron chi connectivity index (χ3n) is 4.63. The SMILES string of the molecule is CCC(C)Nc1cc(N(C)CCc2ccncc2)nc(-c2ccccc2)n1. The first-order valence-corrected chi connectivity index (χ1v) is 9.46. The van der Waals surface area contributed by atoms with Crippen LogP contribution in [0.4, 0.5) is 11.6 Å². The van der Waals surface area contributed by atoms with E-state index >= 15 is 0 Å². The molecule has 0 saturated heterocycles. The van der Waals surface area contributed by atoms with Gasteiger partial charge in [-0.1, -0.05) is 37.3 Å². The number of anilines is 2. The van der Waals surface area contributed by atoms with Crippen LogP contribution in [0, 0.1) is 0 Å². The highest BCUT2D eigenvalue weighted by Crippen LogP contribution is 2.22. The summed E-state index contributed by atoms with van der Waals surface area (Å²) < 4.78 is 0. The highest BCUT2D eigenvalue weighted by molar-refractivity contribution is 5.61. The Morgan fingerprint density at radius 3 is 2.48 bits per heavy atom. The molecule has 5 heteroatoms. The van der Waals surface area contributed by atoms with Crippen molar-refractivity contribution in [2.45, 2.75) is 32.7 Å². The van der Waals surface area contributed by atoms with Gasteiger partial charge in [0.05, 0.1) is 0 Å². The molecule has 1 unspecified atom stereocenters. The van der Waals surface area contributed by atoms with Gasteiger partial charge in [0.15, 0.2) is 5.82 Å². The molecular formula is C22H27N5. The number of likely N-dealkylation sites (N-methyl/N-ethyl adjacent to an activating group) is 1. The molecule has 27 heavy (non-hydrogen) atoms. The lowest BCUT2D eigenvalue weighted by Gasteiger charge is -2.21. The average Bonchev–Trinajstić information content (AvgIpc) is 2.73. The smallest absolute Gasteiger partial charge is 0.163 e. The molecule has 0 fully saturated rings. The zero-order chi connectivity index (χ0) is 19.1. The number of benzene rings is 1. The van der Waals surface area contributed by atoms with Crippen molar-refractivity contribution in [3.63, 3.8) is 0 Å². The van der Waals surface area contributed by atoms with Gasteiger partial charge in [-0.2, -0.15) is 0 Å². The van der Waals surface area contributed by atoms with Gasteiger partial charge in [0.25, 0.3) is 0 Å². The first-order chi connectivity index (χ1) is 13.2. The standard InChI is InChI=1S/C22H27N5/c1-4-17(2)24-20-16-21(26-22(25-20)19-8-6-5-7-9-19)27(3)15-12-18-10-13-23-14-11-18/h5-11,13-14,16-17H,4,12,15H2,1-3H3,(H,24,25,26). The molecule has 0 bridgehead atoms. The summed E-state index contributed by atoms with van der Waals surface area (Å²) in [5.41, 5.74) is 2.29. The Morgan fingerprint density at radius 1 is 1.04 bits per heavy atom. The average molecular weight is 361 g/mol. The van der Waals surface area contributed by atoms with Gasteiger partial charge in [0.1, 0.15) is 11.6 Å². The van der Waals surface area contributed by atoms with E-state index in [1.165, 1.54) is 5.56 Å². The molecule has 2 heterocycles. The van der Waals surface area contributed by atoms with Gasteiger partial charge < -0.3 is 10.2 Å². The molecule has 0 aliphatic rings. The van der Waals surface area contributed by atoms with Gasteiger partial charge in [-0.25, -0.2) is 9.97 Å². The molecule has 1 atom stereocenters. The fraction of sp³-hybridized carbons (Fsp3) is 0.318. The predicted molar refractivity (Wildman–Crippen MR) is 112 cm³/mol. The number of hydrogen-bond donors (Lipinski definition) is 1. The molecular weight excluding hydrogens is 334 g/mol. The summed E-state index contributed by atoms with van der Waals surface area (Å²) in [5.74, 6) is 2.53. The molecule has 1 aromatic carbocycles. The zero-order valence-corrected chi connectivity index (χ0v) is 16.3. The number of aromatic nitrogens is 3. The maximum atomic E-state index is 4.81. The molecule has 3 rings (SSSR count). The molecule has 3 aromatic rings. The fourth-order valence-corrected chi connectivity index (χ4v) is 2.74. The molecule has 0 aliphatic carbocycles. The first kappa shape index (κ1) is 18.8. The van der Waals surface area contributed by atoms with Crippen molar-refractivity contribution in [1.82, 2.24) is 15.0 Å². The molecule has 1 N–H and O–H groups in total. The van der Waals surface area contributed by atoms with E-state index in [9.17, 15) is 0 Å². The topological polar surface area (TPSA) is 53.9 Å². The van der Waals surface area contributed by atoms with Crippen LogP contribution in [0.3, 0.4) is 0 Å². The van der Waals surface area contributed by atoms with E-state index in [1.807, 2.05) is 48.8 Å². The van der Waals surface area contributed by atoms with Crippen molar-refractivity contribution >= 4 is 11.6 Å². The Labute approximate surface area is 161 Å². The summed E-state index contributed by atoms with van der Waals surface area (Å²) >= 11 is 0. The molecule has 140 valence electrons. The Bertz CT molecular complexity index is 836. The predicted octanol–water partition coefficient (Wildman–Crippen LogP) is 4.43. The van der Waals surface area contributed by atoms with Crippen LogP contribution in [0.1, 0.15) is 25.8 Å². The first-order valence-electron chi connectivity index (χ1n) is 9.46. The van der Waals surface area contributed by atoms with Gasteiger partial charge in [0.2, 0.25) is 0 Å². The molecule has 0 saturated carbocycles. The minimum atomic E-state index is 0.360. The molecule has 0 aliphatic heterocycles. The van der Waals surface area contributed by atoms with E-state index in [1.54, 1.807) is 0 Å². The zero-order valence-electron chi connectivity index (χ0n) is 16.3. The molecule has 0 spiro atoms. The summed E-state index contributed by atoms with van der Waals surface area (Å²) in [6.45, 7) is 5.20. The Balaban J connectivity index is 1.84. The van der Waals surface area contributed by atoms with Gasteiger partial charge in [-0.15, -0.1) is 0 Å². The lowest BCUT2D eigenvalue weighted by molar-refractivity contribution is 0.758. The van der Waals surface area contributed by atoms with E-state index in [2.05, 4.69) is 48.2 Å². The monoisotopic (exact) mass is 361 g/mol. The van der Waals surface area contributed by atoms with Crippen molar-refractivity contribution in [3.8, 4) is 11.4 Å². The normalized spacial score (nSPS) is 11.8. The van der Waals surface area contributed by atoms with Crippen molar-refractivity contribution in [2.75, 3.05) is 23.8 Å². The number of nitrogens with one attached hydrogen (secondary N) is 1. The highest BCUT2D eigenvalue weighted by atomic mass is 15.2. The van der Waals surface area contributed by atoms with E-state index in [0.29, 0.717) is 6.04 Å². The van der Waals surface area contributed by atoms with Crippen LogP contribution in [0.5, 0.6) is 0 Å². The number of pyridine rings is 1. The van der Waals surface area contributed by atoms with Crippen LogP contribution in [0.25, 0.3) is 11.4 Å². The molecule has 5 nitrogen and oxygen atoms in total. The minimum absolute atomic E-state index is 0.360. The number of rotatable bonds is 8. The van der Waals surface area contributed by atoms with E-state index in [-0.39, 0.29) is 0 Å². The minimum Gasteiger partial charge on any atom is -0.367 e. The van der Waals surface area contributed by atoms with E-state index < -0.39 is 0 Å². The summed E-state index contributed by atoms with van der Waals surface area (Å²) in [4.78, 5) is 15.8. The third kappa shape index (κ3) is 5.26. The van der Waals surface area contributed by atoms with Gasteiger partial charge in [-0.3, -0.25) is 4.98 Å². The van der Waals surface area contributed by atoms with Crippen molar-refractivity contribution in [3.05, 3.63) is 66.5 Å². The quantitative estimate of drug-likeness (QED) is 0.643. The summed E-state index contributed by atoms with van der Waals surface area (Å²) in [6.07, 6.45) is 5.65. The molecule has 0 amide bonds. The Hall–Kier alpha value is -2.95. The highest BCUT2D eigenvalue weighted by Gasteiger charge is 2.11. The Kier molecular flexibility index (Phi) is 6.36. The molecule has 2 aromatic heterocycles. The van der Waals surface area contributed by atoms with Gasteiger partial charge >= 0.3 is 0 Å². The van der Waals surface area contributed by atoms with Gasteiger partial charge in [-0.05, 0) is 37.5 Å². The second-order valence-electron chi connectivity index (χ2n) is 6.78. The Morgan fingerprint density at radius 2 is 1.78 bits per heavy atom. The maximum Gasteiger partial charge on any atom is 0.163 e. The number of nitrogens with zero attached hydrogens (tertiary/aromatic N) is 4. The lowest BCUT2D eigenvalue weighted by atomic mass is 10.2. The van der Waals surface area contributed by atoms with Crippen LogP contribution in [0.2, 0.25) is 0 Å². The second-order valence-corrected chi connectivity index (χ2v) is 6.78. The van der Waals surface area contributed by atoms with Gasteiger partial charge in [0, 0.05) is 43.7 Å². The lowest BCUT2D eigenvalue weighted by Crippen LogP contribution is -2.23. The van der Waals surface area contributed by atoms with Crippen LogP contribution in [-0.4, -0.2) is 34.6 Å². The largest absolute Gasteiger partial charge is 0.367 e. The fourth-order valence-electron chi connectivity index (χ4n) is 2.74. The number of hydrogen-bond acceptors (Lipinski definition) is 5. The summed E-state index contributed by atoms with van der Waals surface area (Å²) in [7, 11) is 2.07. The van der Waals surface area contributed by atoms with Crippen molar-refractivity contribution in [1.29, 1.82) is 0 Å².